The molecule has 13 heavy (non-hydrogen) atoms. The first-order valence-corrected chi connectivity index (χ1v) is 5.72. The minimum absolute atomic E-state index is 0.534. The Morgan fingerprint density at radius 1 is 1.23 bits per heavy atom. The van der Waals surface area contributed by atoms with Gasteiger partial charge >= 0.3 is 0 Å². The predicted molar refractivity (Wildman–Crippen MR) is 53.7 cm³/mol. The van der Waals surface area contributed by atoms with E-state index < -0.39 is 0 Å². The van der Waals surface area contributed by atoms with Crippen LogP contribution in [0.2, 0.25) is 0 Å². The van der Waals surface area contributed by atoms with Crippen molar-refractivity contribution in [2.45, 2.75) is 38.7 Å². The maximum Gasteiger partial charge on any atom is 0.0613 e. The number of rotatable bonds is 5. The van der Waals surface area contributed by atoms with Crippen molar-refractivity contribution >= 4 is 0 Å². The molecule has 0 amide bonds. The highest BCUT2D eigenvalue weighted by atomic mass is 16.5. The fourth-order valence-electron chi connectivity index (χ4n) is 2.17. The van der Waals surface area contributed by atoms with Crippen molar-refractivity contribution in [2.24, 2.45) is 11.8 Å². The van der Waals surface area contributed by atoms with Crippen LogP contribution in [0.15, 0.2) is 0 Å². The lowest BCUT2D eigenvalue weighted by atomic mass is 10.00. The minimum atomic E-state index is 0.534. The van der Waals surface area contributed by atoms with E-state index >= 15 is 0 Å². The summed E-state index contributed by atoms with van der Waals surface area (Å²) in [7, 11) is 0. The van der Waals surface area contributed by atoms with E-state index in [1.807, 2.05) is 0 Å². The quantitative estimate of drug-likeness (QED) is 0.702. The average Bonchev–Trinajstić information content (AvgIpc) is 2.84. The van der Waals surface area contributed by atoms with Crippen LogP contribution in [0.5, 0.6) is 0 Å². The van der Waals surface area contributed by atoms with Crippen molar-refractivity contribution in [1.29, 1.82) is 0 Å². The molecule has 0 aromatic heterocycles. The van der Waals surface area contributed by atoms with Gasteiger partial charge in [-0.25, -0.2) is 0 Å². The first kappa shape index (κ1) is 9.47. The molecule has 0 aromatic carbocycles. The number of hydrogen-bond acceptors (Lipinski definition) is 2. The predicted octanol–water partition coefficient (Wildman–Crippen LogP) is 1.80. The molecule has 1 heterocycles. The molecule has 76 valence electrons. The highest BCUT2D eigenvalue weighted by Gasteiger charge is 2.27. The Kier molecular flexibility index (Phi) is 3.23. The van der Waals surface area contributed by atoms with Crippen LogP contribution in [0, 0.1) is 11.8 Å². The van der Waals surface area contributed by atoms with E-state index in [2.05, 4.69) is 12.2 Å². The summed E-state index contributed by atoms with van der Waals surface area (Å²) in [5.74, 6) is 1.78. The molecular formula is C11H21NO. The third kappa shape index (κ3) is 2.68. The second kappa shape index (κ2) is 4.43. The normalized spacial score (nSPS) is 33.9. The summed E-state index contributed by atoms with van der Waals surface area (Å²) in [4.78, 5) is 0. The van der Waals surface area contributed by atoms with Crippen LogP contribution >= 0.6 is 0 Å². The van der Waals surface area contributed by atoms with Gasteiger partial charge in [0.2, 0.25) is 0 Å². The highest BCUT2D eigenvalue weighted by molar-refractivity contribution is 4.80. The van der Waals surface area contributed by atoms with Gasteiger partial charge in [0.1, 0.15) is 0 Å². The lowest BCUT2D eigenvalue weighted by Crippen LogP contribution is -2.29. The van der Waals surface area contributed by atoms with Crippen LogP contribution in [0.3, 0.4) is 0 Å². The molecule has 1 N–H and O–H groups in total. The van der Waals surface area contributed by atoms with Gasteiger partial charge in [0.15, 0.2) is 0 Å². The molecule has 2 atom stereocenters. The van der Waals surface area contributed by atoms with Crippen LogP contribution in [0.4, 0.5) is 0 Å². The molecule has 1 saturated heterocycles. The van der Waals surface area contributed by atoms with Crippen molar-refractivity contribution in [2.75, 3.05) is 19.7 Å². The van der Waals surface area contributed by atoms with Gasteiger partial charge in [0.05, 0.1) is 6.10 Å². The Morgan fingerprint density at radius 3 is 2.77 bits per heavy atom. The number of ether oxygens (including phenoxy) is 1. The van der Waals surface area contributed by atoms with Gasteiger partial charge in [-0.3, -0.25) is 0 Å². The van der Waals surface area contributed by atoms with Gasteiger partial charge in [0.25, 0.3) is 0 Å². The van der Waals surface area contributed by atoms with E-state index in [1.165, 1.54) is 38.8 Å². The molecule has 0 aromatic rings. The lowest BCUT2D eigenvalue weighted by Gasteiger charge is -2.16. The van der Waals surface area contributed by atoms with Crippen molar-refractivity contribution in [3.8, 4) is 0 Å². The van der Waals surface area contributed by atoms with Crippen molar-refractivity contribution in [3.05, 3.63) is 0 Å². The molecular weight excluding hydrogens is 162 g/mol. The summed E-state index contributed by atoms with van der Waals surface area (Å²) >= 11 is 0. The summed E-state index contributed by atoms with van der Waals surface area (Å²) in [5, 5.41) is 3.57. The zero-order valence-electron chi connectivity index (χ0n) is 8.59. The fraction of sp³-hybridized carbons (Fsp3) is 1.00. The summed E-state index contributed by atoms with van der Waals surface area (Å²) < 4.78 is 5.65. The topological polar surface area (TPSA) is 21.3 Å². The SMILES string of the molecule is CCC1OCCC1CNCC1CC1. The van der Waals surface area contributed by atoms with Gasteiger partial charge in [0, 0.05) is 13.2 Å². The third-order valence-electron chi connectivity index (χ3n) is 3.29. The first-order valence-electron chi connectivity index (χ1n) is 5.72. The molecule has 2 fully saturated rings. The molecule has 2 unspecified atom stereocenters. The fourth-order valence-corrected chi connectivity index (χ4v) is 2.17. The number of hydrogen-bond donors (Lipinski definition) is 1. The van der Waals surface area contributed by atoms with E-state index in [0.29, 0.717) is 6.10 Å². The van der Waals surface area contributed by atoms with Gasteiger partial charge < -0.3 is 10.1 Å². The summed E-state index contributed by atoms with van der Waals surface area (Å²) in [6.07, 6.45) is 5.87. The molecule has 0 radical (unpaired) electrons. The van der Waals surface area contributed by atoms with Gasteiger partial charge in [-0.2, -0.15) is 0 Å². The minimum Gasteiger partial charge on any atom is -0.378 e. The zero-order valence-corrected chi connectivity index (χ0v) is 8.59. The van der Waals surface area contributed by atoms with Crippen LogP contribution in [0.25, 0.3) is 0 Å². The van der Waals surface area contributed by atoms with E-state index in [9.17, 15) is 0 Å². The van der Waals surface area contributed by atoms with Gasteiger partial charge in [-0.15, -0.1) is 0 Å². The van der Waals surface area contributed by atoms with Gasteiger partial charge in [-0.05, 0) is 44.1 Å². The molecule has 0 bridgehead atoms. The summed E-state index contributed by atoms with van der Waals surface area (Å²) in [6.45, 7) is 5.63. The zero-order chi connectivity index (χ0) is 9.10. The standard InChI is InChI=1S/C11H21NO/c1-2-11-10(5-6-13-11)8-12-7-9-3-4-9/h9-12H,2-8H2,1H3. The Hall–Kier alpha value is -0.0800. The van der Waals surface area contributed by atoms with Crippen LogP contribution < -0.4 is 5.32 Å². The van der Waals surface area contributed by atoms with E-state index in [-0.39, 0.29) is 0 Å². The molecule has 2 heteroatoms. The third-order valence-corrected chi connectivity index (χ3v) is 3.29. The molecule has 2 aliphatic rings. The van der Waals surface area contributed by atoms with Crippen molar-refractivity contribution < 1.29 is 4.74 Å². The molecule has 1 aliphatic heterocycles. The lowest BCUT2D eigenvalue weighted by molar-refractivity contribution is 0.0872. The van der Waals surface area contributed by atoms with Crippen molar-refractivity contribution in [1.82, 2.24) is 5.32 Å². The van der Waals surface area contributed by atoms with Crippen LogP contribution in [-0.2, 0) is 4.74 Å². The largest absolute Gasteiger partial charge is 0.378 e. The summed E-state index contributed by atoms with van der Waals surface area (Å²) in [6, 6.07) is 0. The van der Waals surface area contributed by atoms with Crippen molar-refractivity contribution in [3.63, 3.8) is 0 Å². The van der Waals surface area contributed by atoms with Crippen LogP contribution in [0.1, 0.15) is 32.6 Å². The van der Waals surface area contributed by atoms with Gasteiger partial charge in [-0.1, -0.05) is 6.92 Å². The van der Waals surface area contributed by atoms with Crippen LogP contribution in [-0.4, -0.2) is 25.8 Å². The maximum atomic E-state index is 5.65. The molecule has 1 aliphatic carbocycles. The highest BCUT2D eigenvalue weighted by Crippen LogP contribution is 2.28. The second-order valence-electron chi connectivity index (χ2n) is 4.47. The first-order chi connectivity index (χ1) is 6.40. The van der Waals surface area contributed by atoms with E-state index in [4.69, 9.17) is 4.74 Å². The Morgan fingerprint density at radius 2 is 2.08 bits per heavy atom. The summed E-state index contributed by atoms with van der Waals surface area (Å²) in [5.41, 5.74) is 0. The average molecular weight is 183 g/mol. The number of nitrogens with one attached hydrogen (secondary N) is 1. The monoisotopic (exact) mass is 183 g/mol. The smallest absolute Gasteiger partial charge is 0.0613 e. The molecule has 2 nitrogen and oxygen atoms in total. The Labute approximate surface area is 81.0 Å². The molecule has 0 spiro atoms. The van der Waals surface area contributed by atoms with E-state index in [0.717, 1.165) is 18.4 Å². The maximum absolute atomic E-state index is 5.65. The Balaban J connectivity index is 1.61. The Bertz CT molecular complexity index is 156. The molecule has 2 rings (SSSR count). The van der Waals surface area contributed by atoms with E-state index in [1.54, 1.807) is 0 Å². The second-order valence-corrected chi connectivity index (χ2v) is 4.47. The molecule has 1 saturated carbocycles.